The van der Waals surface area contributed by atoms with Gasteiger partial charge in [-0.1, -0.05) is 132 Å². The number of amides is 2. The molecule has 15 nitrogen and oxygen atoms in total. The summed E-state index contributed by atoms with van der Waals surface area (Å²) in [6.07, 6.45) is 19.7. The maximum Gasteiger partial charge on any atom is 0.412 e. The van der Waals surface area contributed by atoms with E-state index in [0.717, 1.165) is 61.6 Å². The fourth-order valence-corrected chi connectivity index (χ4v) is 11.0. The summed E-state index contributed by atoms with van der Waals surface area (Å²) in [5.41, 5.74) is 3.71. The van der Waals surface area contributed by atoms with Crippen molar-refractivity contribution in [3.05, 3.63) is 124 Å². The van der Waals surface area contributed by atoms with E-state index in [9.17, 15) is 29.9 Å². The SMILES string of the molecule is C=CCOC12Oc3ccc(OC(=O)NCCCCCCCCCCCC)cc3C3C(CCCCO)C(CCCCO)C=C(C(=NOCc4ccc([N+](=O)[O-])cc4)CC1N(CCC)C(=O)OCc1ccccc1)C32. The molecule has 3 aliphatic rings. The number of hydrogen-bond donors (Lipinski definition) is 3. The Morgan fingerprint density at radius 3 is 2.22 bits per heavy atom. The van der Waals surface area contributed by atoms with Crippen molar-refractivity contribution in [2.24, 2.45) is 22.9 Å². The van der Waals surface area contributed by atoms with Crippen molar-refractivity contribution in [2.45, 2.75) is 160 Å². The van der Waals surface area contributed by atoms with Gasteiger partial charge in [-0.15, -0.1) is 6.58 Å². The highest BCUT2D eigenvalue weighted by atomic mass is 16.7. The molecular weight excluding hydrogens is 929 g/mol. The van der Waals surface area contributed by atoms with Crippen LogP contribution in [0.2, 0.25) is 0 Å². The quantitative estimate of drug-likeness (QED) is 0.0233. The third-order valence-corrected chi connectivity index (χ3v) is 14.5. The number of ether oxygens (including phenoxy) is 4. The summed E-state index contributed by atoms with van der Waals surface area (Å²) in [6, 6.07) is 20.3. The van der Waals surface area contributed by atoms with E-state index in [1.54, 1.807) is 29.2 Å². The number of hydrogen-bond acceptors (Lipinski definition) is 12. The Balaban J connectivity index is 1.40. The first-order chi connectivity index (χ1) is 35.7. The van der Waals surface area contributed by atoms with Crippen LogP contribution in [0.1, 0.15) is 152 Å². The summed E-state index contributed by atoms with van der Waals surface area (Å²) < 4.78 is 26.5. The number of nitrogens with one attached hydrogen (secondary N) is 1. The van der Waals surface area contributed by atoms with Gasteiger partial charge in [0, 0.05) is 56.3 Å². The first kappa shape index (κ1) is 56.5. The molecule has 15 heteroatoms. The van der Waals surface area contributed by atoms with Gasteiger partial charge in [0.2, 0.25) is 5.79 Å². The number of carbonyl (C=O) groups excluding carboxylic acids is 2. The molecule has 0 spiro atoms. The predicted octanol–water partition coefficient (Wildman–Crippen LogP) is 12.5. The molecule has 0 bridgehead atoms. The van der Waals surface area contributed by atoms with E-state index >= 15 is 0 Å². The van der Waals surface area contributed by atoms with E-state index in [1.165, 1.54) is 57.1 Å². The Hall–Kier alpha value is -5.77. The van der Waals surface area contributed by atoms with Gasteiger partial charge in [0.05, 0.1) is 23.2 Å². The lowest BCUT2D eigenvalue weighted by atomic mass is 9.55. The van der Waals surface area contributed by atoms with Gasteiger partial charge in [-0.25, -0.2) is 9.59 Å². The summed E-state index contributed by atoms with van der Waals surface area (Å²) in [4.78, 5) is 46.9. The lowest BCUT2D eigenvalue weighted by Gasteiger charge is -2.59. The standard InChI is InChI=1S/C58H80N4O11/c1-4-7-8-9-10-11-12-13-14-20-33-59-56(65)72-47-31-32-52-50(39-47)54-48(26-19-22-36-64)45(25-18-21-35-63)38-49-51(60-71-42-44-27-29-46(30-28-44)62(67)68)40-53(58(73-52,55(49)54)70-37-6-3)61(34-5-2)57(66)69-41-43-23-16-15-17-24-43/h6,15-17,23-24,27-32,38-39,45,48,53-55,63-64H,3-5,7-14,18-22,25-26,33-37,40-42H2,1-2H3,(H,59,65). The molecule has 6 rings (SSSR count). The van der Waals surface area contributed by atoms with Gasteiger partial charge in [0.1, 0.15) is 30.8 Å². The highest BCUT2D eigenvalue weighted by molar-refractivity contribution is 6.03. The molecule has 3 aromatic carbocycles. The topological polar surface area (TPSA) is 192 Å². The van der Waals surface area contributed by atoms with Crippen LogP contribution in [-0.4, -0.2) is 82.7 Å². The maximum absolute atomic E-state index is 14.7. The Morgan fingerprint density at radius 2 is 1.55 bits per heavy atom. The van der Waals surface area contributed by atoms with Crippen LogP contribution in [0.4, 0.5) is 15.3 Å². The molecule has 3 aromatic rings. The Bertz CT molecular complexity index is 2260. The van der Waals surface area contributed by atoms with Gasteiger partial charge in [0.15, 0.2) is 0 Å². The first-order valence-corrected chi connectivity index (χ1v) is 27.0. The molecule has 1 heterocycles. The monoisotopic (exact) mass is 1010 g/mol. The van der Waals surface area contributed by atoms with Crippen LogP contribution in [0.15, 0.2) is 102 Å². The second kappa shape index (κ2) is 29.8. The lowest BCUT2D eigenvalue weighted by molar-refractivity contribution is -0.384. The van der Waals surface area contributed by atoms with Crippen LogP contribution >= 0.6 is 0 Å². The second-order valence-electron chi connectivity index (χ2n) is 19.7. The van der Waals surface area contributed by atoms with E-state index < -0.39 is 34.9 Å². The number of benzene rings is 3. The van der Waals surface area contributed by atoms with Crippen molar-refractivity contribution in [2.75, 3.05) is 32.9 Å². The van der Waals surface area contributed by atoms with E-state index in [0.29, 0.717) is 55.1 Å². The zero-order valence-electron chi connectivity index (χ0n) is 43.3. The molecule has 0 aromatic heterocycles. The zero-order chi connectivity index (χ0) is 51.8. The molecule has 3 N–H and O–H groups in total. The summed E-state index contributed by atoms with van der Waals surface area (Å²) in [6.45, 7) is 9.31. The van der Waals surface area contributed by atoms with Crippen molar-refractivity contribution in [1.29, 1.82) is 0 Å². The number of aliphatic hydroxyl groups excluding tert-OH is 2. The van der Waals surface area contributed by atoms with Crippen molar-refractivity contribution in [3.63, 3.8) is 0 Å². The predicted molar refractivity (Wildman–Crippen MR) is 282 cm³/mol. The largest absolute Gasteiger partial charge is 0.459 e. The zero-order valence-corrected chi connectivity index (χ0v) is 43.3. The third kappa shape index (κ3) is 15.6. The second-order valence-corrected chi connectivity index (χ2v) is 19.7. The molecule has 1 fully saturated rings. The van der Waals surface area contributed by atoms with E-state index in [-0.39, 0.29) is 62.9 Å². The smallest absolute Gasteiger partial charge is 0.412 e. The minimum atomic E-state index is -1.52. The minimum absolute atomic E-state index is 0.0223. The number of unbranched alkanes of at least 4 members (excludes halogenated alkanes) is 11. The highest BCUT2D eigenvalue weighted by Gasteiger charge is 2.65. The number of allylic oxidation sites excluding steroid dienone is 1. The van der Waals surface area contributed by atoms with Gasteiger partial charge in [-0.2, -0.15) is 0 Å². The molecule has 0 saturated heterocycles. The van der Waals surface area contributed by atoms with E-state index in [1.807, 2.05) is 49.4 Å². The van der Waals surface area contributed by atoms with Crippen molar-refractivity contribution in [1.82, 2.24) is 10.2 Å². The number of oxime groups is 1. The van der Waals surface area contributed by atoms with Crippen LogP contribution in [0.3, 0.4) is 0 Å². The number of nitro groups is 1. The summed E-state index contributed by atoms with van der Waals surface area (Å²) in [5.74, 6) is -1.67. The van der Waals surface area contributed by atoms with Crippen LogP contribution in [0, 0.1) is 27.9 Å². The maximum atomic E-state index is 14.7. The number of non-ortho nitro benzene ring substituents is 1. The van der Waals surface area contributed by atoms with Crippen LogP contribution in [0.25, 0.3) is 0 Å². The first-order valence-electron chi connectivity index (χ1n) is 27.0. The number of aliphatic hydroxyl groups is 2. The number of fused-ring (bicyclic) bond motifs is 2. The number of rotatable bonds is 32. The van der Waals surface area contributed by atoms with Crippen molar-refractivity contribution < 1.29 is 48.5 Å². The average molecular weight is 1010 g/mol. The Labute approximate surface area is 432 Å². The van der Waals surface area contributed by atoms with Gasteiger partial charge >= 0.3 is 12.2 Å². The summed E-state index contributed by atoms with van der Waals surface area (Å²) >= 11 is 0. The lowest BCUT2D eigenvalue weighted by Crippen LogP contribution is -2.70. The van der Waals surface area contributed by atoms with E-state index in [2.05, 4.69) is 24.9 Å². The van der Waals surface area contributed by atoms with Gasteiger partial charge in [0.25, 0.3) is 5.69 Å². The molecule has 398 valence electrons. The third-order valence-electron chi connectivity index (χ3n) is 14.5. The molecule has 1 saturated carbocycles. The number of nitrogens with zero attached hydrogens (tertiary/aromatic N) is 3. The molecule has 6 atom stereocenters. The van der Waals surface area contributed by atoms with Crippen molar-refractivity contribution in [3.8, 4) is 11.5 Å². The molecule has 2 aliphatic carbocycles. The summed E-state index contributed by atoms with van der Waals surface area (Å²) in [7, 11) is 0. The van der Waals surface area contributed by atoms with Gasteiger partial charge < -0.3 is 39.3 Å². The summed E-state index contributed by atoms with van der Waals surface area (Å²) in [5, 5.41) is 39.3. The number of carbonyl (C=O) groups is 2. The fraction of sp³-hybridized carbons (Fsp3) is 0.569. The van der Waals surface area contributed by atoms with Crippen LogP contribution in [-0.2, 0) is 27.5 Å². The Morgan fingerprint density at radius 1 is 0.863 bits per heavy atom. The molecule has 2 amide bonds. The average Bonchev–Trinajstić information content (AvgIpc) is 3.40. The molecule has 1 aliphatic heterocycles. The molecule has 6 unspecified atom stereocenters. The van der Waals surface area contributed by atoms with E-state index in [4.69, 9.17) is 28.9 Å². The molecular formula is C58H80N4O11. The van der Waals surface area contributed by atoms with Crippen LogP contribution < -0.4 is 14.8 Å². The van der Waals surface area contributed by atoms with Crippen molar-refractivity contribution >= 4 is 23.6 Å². The fourth-order valence-electron chi connectivity index (χ4n) is 11.0. The molecule has 0 radical (unpaired) electrons. The van der Waals surface area contributed by atoms with Crippen LogP contribution in [0.5, 0.6) is 11.5 Å². The minimum Gasteiger partial charge on any atom is -0.459 e. The number of nitro benzene ring substituents is 1. The normalized spacial score (nSPS) is 21.2. The highest BCUT2D eigenvalue weighted by Crippen LogP contribution is 2.62. The molecule has 73 heavy (non-hydrogen) atoms. The van der Waals surface area contributed by atoms with Gasteiger partial charge in [-0.3, -0.25) is 15.0 Å². The Kier molecular flexibility index (Phi) is 23.1. The van der Waals surface area contributed by atoms with Gasteiger partial charge in [-0.05, 0) is 97.4 Å².